The molecule has 1 heterocycles. The summed E-state index contributed by atoms with van der Waals surface area (Å²) in [6, 6.07) is 16.9. The van der Waals surface area contributed by atoms with E-state index in [0.717, 1.165) is 18.5 Å². The summed E-state index contributed by atoms with van der Waals surface area (Å²) < 4.78 is 0. The lowest BCUT2D eigenvalue weighted by Gasteiger charge is -2.24. The Balaban J connectivity index is 1.73. The van der Waals surface area contributed by atoms with Gasteiger partial charge in [-0.25, -0.2) is 0 Å². The van der Waals surface area contributed by atoms with Gasteiger partial charge in [0.05, 0.1) is 6.54 Å². The first-order chi connectivity index (χ1) is 11.6. The van der Waals surface area contributed by atoms with Gasteiger partial charge in [0, 0.05) is 17.4 Å². The van der Waals surface area contributed by atoms with Crippen molar-refractivity contribution >= 4 is 17.3 Å². The maximum Gasteiger partial charge on any atom is 0.243 e. The van der Waals surface area contributed by atoms with E-state index in [1.807, 2.05) is 24.3 Å². The van der Waals surface area contributed by atoms with E-state index in [2.05, 4.69) is 55.3 Å². The Morgan fingerprint density at radius 1 is 1.21 bits per heavy atom. The van der Waals surface area contributed by atoms with Crippen molar-refractivity contribution < 1.29 is 4.79 Å². The summed E-state index contributed by atoms with van der Waals surface area (Å²) in [5.41, 5.74) is 4.67. The molecule has 1 N–H and O–H groups in total. The largest absolute Gasteiger partial charge is 0.359 e. The Morgan fingerprint density at radius 3 is 2.71 bits per heavy atom. The number of amides is 1. The molecule has 0 aromatic heterocycles. The molecule has 0 bridgehead atoms. The van der Waals surface area contributed by atoms with E-state index >= 15 is 0 Å². The van der Waals surface area contributed by atoms with E-state index in [1.165, 1.54) is 16.8 Å². The van der Waals surface area contributed by atoms with Crippen LogP contribution in [0.2, 0.25) is 0 Å². The molecule has 1 amide bonds. The van der Waals surface area contributed by atoms with Gasteiger partial charge in [0.15, 0.2) is 0 Å². The quantitative estimate of drug-likeness (QED) is 0.873. The maximum absolute atomic E-state index is 12.6. The van der Waals surface area contributed by atoms with Crippen LogP contribution in [0.25, 0.3) is 0 Å². The maximum atomic E-state index is 12.6. The number of benzene rings is 2. The number of rotatable bonds is 5. The molecule has 0 spiro atoms. The third-order valence-electron chi connectivity index (χ3n) is 5.04. The van der Waals surface area contributed by atoms with E-state index < -0.39 is 0 Å². The van der Waals surface area contributed by atoms with Crippen LogP contribution in [0.5, 0.6) is 0 Å². The Labute approximate surface area is 144 Å². The molecule has 2 atom stereocenters. The van der Waals surface area contributed by atoms with Crippen LogP contribution in [-0.2, 0) is 11.2 Å². The number of fused-ring (bicyclic) bond motifs is 1. The predicted molar refractivity (Wildman–Crippen MR) is 101 cm³/mol. The fourth-order valence-corrected chi connectivity index (χ4v) is 3.48. The van der Waals surface area contributed by atoms with Crippen LogP contribution in [0.1, 0.15) is 44.2 Å². The van der Waals surface area contributed by atoms with Crippen molar-refractivity contribution in [2.75, 3.05) is 16.8 Å². The fourth-order valence-electron chi connectivity index (χ4n) is 3.48. The average molecular weight is 322 g/mol. The highest BCUT2D eigenvalue weighted by molar-refractivity contribution is 5.95. The monoisotopic (exact) mass is 322 g/mol. The molecule has 0 unspecified atom stereocenters. The number of nitrogens with one attached hydrogen (secondary N) is 1. The van der Waals surface area contributed by atoms with E-state index in [1.54, 1.807) is 0 Å². The van der Waals surface area contributed by atoms with Crippen LogP contribution in [0.15, 0.2) is 48.5 Å². The summed E-state index contributed by atoms with van der Waals surface area (Å²) in [5, 5.41) is 3.12. The van der Waals surface area contributed by atoms with Gasteiger partial charge in [0.25, 0.3) is 0 Å². The number of hydrogen-bond donors (Lipinski definition) is 1. The molecule has 0 fully saturated rings. The number of anilines is 2. The van der Waals surface area contributed by atoms with Gasteiger partial charge in [-0.15, -0.1) is 0 Å². The van der Waals surface area contributed by atoms with Crippen molar-refractivity contribution in [3.8, 4) is 0 Å². The van der Waals surface area contributed by atoms with Crippen molar-refractivity contribution in [2.24, 2.45) is 0 Å². The molecule has 3 rings (SSSR count). The first-order valence-corrected chi connectivity index (χ1v) is 8.83. The minimum atomic E-state index is 0.0503. The summed E-state index contributed by atoms with van der Waals surface area (Å²) in [5.74, 6) is 0.488. The normalized spacial score (nSPS) is 17.5. The lowest BCUT2D eigenvalue weighted by molar-refractivity contribution is -0.115. The predicted octanol–water partition coefficient (Wildman–Crippen LogP) is 4.59. The SMILES string of the molecule is CC[C@@H](C)c1ccccc1NC(=O)CN1c2ccccc2C[C@@H]1C. The van der Waals surface area contributed by atoms with Gasteiger partial charge in [-0.1, -0.05) is 50.2 Å². The van der Waals surface area contributed by atoms with Gasteiger partial charge in [0.2, 0.25) is 5.91 Å². The summed E-state index contributed by atoms with van der Waals surface area (Å²) in [7, 11) is 0. The van der Waals surface area contributed by atoms with Crippen molar-refractivity contribution in [3.05, 3.63) is 59.7 Å². The second-order valence-corrected chi connectivity index (χ2v) is 6.75. The van der Waals surface area contributed by atoms with Crippen LogP contribution in [0.4, 0.5) is 11.4 Å². The highest BCUT2D eigenvalue weighted by atomic mass is 16.2. The van der Waals surface area contributed by atoms with Gasteiger partial charge in [0.1, 0.15) is 0 Å². The molecule has 0 radical (unpaired) electrons. The van der Waals surface area contributed by atoms with Gasteiger partial charge in [-0.05, 0) is 48.9 Å². The Kier molecular flexibility index (Phi) is 4.89. The molecule has 2 aromatic rings. The molecule has 3 nitrogen and oxygen atoms in total. The molecule has 126 valence electrons. The molecule has 0 saturated carbocycles. The molecule has 24 heavy (non-hydrogen) atoms. The summed E-state index contributed by atoms with van der Waals surface area (Å²) in [6.07, 6.45) is 2.07. The minimum absolute atomic E-state index is 0.0503. The van der Waals surface area contributed by atoms with Gasteiger partial charge in [-0.2, -0.15) is 0 Å². The van der Waals surface area contributed by atoms with Crippen molar-refractivity contribution in [1.29, 1.82) is 0 Å². The number of nitrogens with zero attached hydrogens (tertiary/aromatic N) is 1. The molecular weight excluding hydrogens is 296 g/mol. The summed E-state index contributed by atoms with van der Waals surface area (Å²) in [6.45, 7) is 6.95. The van der Waals surface area contributed by atoms with Crippen molar-refractivity contribution in [3.63, 3.8) is 0 Å². The molecule has 1 aliphatic heterocycles. The number of carbonyl (C=O) groups excluding carboxylic acids is 1. The molecule has 2 aromatic carbocycles. The van der Waals surface area contributed by atoms with E-state index in [4.69, 9.17) is 0 Å². The fraction of sp³-hybridized carbons (Fsp3) is 0.381. The zero-order valence-electron chi connectivity index (χ0n) is 14.8. The highest BCUT2D eigenvalue weighted by Crippen LogP contribution is 2.32. The second-order valence-electron chi connectivity index (χ2n) is 6.75. The Morgan fingerprint density at radius 2 is 1.92 bits per heavy atom. The van der Waals surface area contributed by atoms with Gasteiger partial charge in [-0.3, -0.25) is 4.79 Å². The lowest BCUT2D eigenvalue weighted by atomic mass is 9.97. The highest BCUT2D eigenvalue weighted by Gasteiger charge is 2.27. The molecule has 0 aliphatic carbocycles. The topological polar surface area (TPSA) is 32.3 Å². The standard InChI is InChI=1S/C21H26N2O/c1-4-15(2)18-10-6-7-11-19(18)22-21(24)14-23-16(3)13-17-9-5-8-12-20(17)23/h5-12,15-16H,4,13-14H2,1-3H3,(H,22,24)/t15-,16+/m1/s1. The Bertz CT molecular complexity index is 725. The first-order valence-electron chi connectivity index (χ1n) is 8.83. The number of hydrogen-bond acceptors (Lipinski definition) is 2. The molecular formula is C21H26N2O. The zero-order valence-corrected chi connectivity index (χ0v) is 14.8. The van der Waals surface area contributed by atoms with Crippen LogP contribution >= 0.6 is 0 Å². The Hall–Kier alpha value is -2.29. The first kappa shape index (κ1) is 16.6. The van der Waals surface area contributed by atoms with Crippen LogP contribution in [0, 0.1) is 0 Å². The number of carbonyl (C=O) groups is 1. The van der Waals surface area contributed by atoms with Gasteiger partial charge >= 0.3 is 0 Å². The minimum Gasteiger partial charge on any atom is -0.359 e. The zero-order chi connectivity index (χ0) is 17.1. The van der Waals surface area contributed by atoms with Crippen LogP contribution < -0.4 is 10.2 Å². The summed E-state index contributed by atoms with van der Waals surface area (Å²) in [4.78, 5) is 14.8. The third kappa shape index (κ3) is 3.30. The van der Waals surface area contributed by atoms with E-state index in [-0.39, 0.29) is 5.91 Å². The molecule has 1 aliphatic rings. The molecule has 0 saturated heterocycles. The lowest BCUT2D eigenvalue weighted by Crippen LogP contribution is -2.37. The van der Waals surface area contributed by atoms with Crippen molar-refractivity contribution in [2.45, 2.75) is 45.6 Å². The number of para-hydroxylation sites is 2. The average Bonchev–Trinajstić information content (AvgIpc) is 2.90. The van der Waals surface area contributed by atoms with Gasteiger partial charge < -0.3 is 10.2 Å². The smallest absolute Gasteiger partial charge is 0.243 e. The van der Waals surface area contributed by atoms with E-state index in [9.17, 15) is 4.79 Å². The second kappa shape index (κ2) is 7.08. The summed E-state index contributed by atoms with van der Waals surface area (Å²) >= 11 is 0. The van der Waals surface area contributed by atoms with E-state index in [0.29, 0.717) is 18.5 Å². The molecule has 3 heteroatoms. The van der Waals surface area contributed by atoms with Crippen molar-refractivity contribution in [1.82, 2.24) is 0 Å². The van der Waals surface area contributed by atoms with Crippen LogP contribution in [0.3, 0.4) is 0 Å². The third-order valence-corrected chi connectivity index (χ3v) is 5.04. The van der Waals surface area contributed by atoms with Crippen LogP contribution in [-0.4, -0.2) is 18.5 Å².